The van der Waals surface area contributed by atoms with Gasteiger partial charge in [0.25, 0.3) is 0 Å². The van der Waals surface area contributed by atoms with Crippen LogP contribution < -0.4 is 5.32 Å². The highest BCUT2D eigenvalue weighted by molar-refractivity contribution is 7.47. The Balaban J connectivity index is 4.29. The minimum Gasteiger partial charge on any atom is -0.390 e. The molecule has 0 radical (unpaired) electrons. The molecule has 4 N–H and O–H groups in total. The zero-order valence-electron chi connectivity index (χ0n) is 41.2. The number of aliphatic hydroxyl groups excluding tert-OH is 2. The summed E-state index contributed by atoms with van der Waals surface area (Å²) in [5, 5.41) is 24.7. The first-order valence-electron chi connectivity index (χ1n) is 25.4. The molecule has 0 saturated heterocycles. The molecule has 0 rings (SSSR count). The average molecular weight is 906 g/mol. The number of rotatable bonds is 45. The number of nitrogens with one attached hydrogen (secondary N) is 1. The SMILES string of the molecule is CC/C=C\C/C=C\C/C=C\C/C=C\CCCCCCCCCCCCCCCCC(=O)NC(COP(=O)(O)OCC[N+](C)(C)C)C(O)C(O)CCC/C=C/CC/C=C/CCCCC. The molecule has 366 valence electrons. The summed E-state index contributed by atoms with van der Waals surface area (Å²) >= 11 is 0. The minimum atomic E-state index is -4.43. The van der Waals surface area contributed by atoms with Gasteiger partial charge in [-0.2, -0.15) is 0 Å². The van der Waals surface area contributed by atoms with Crippen molar-refractivity contribution in [3.63, 3.8) is 0 Å². The maximum atomic E-state index is 13.0. The van der Waals surface area contributed by atoms with E-state index in [1.54, 1.807) is 0 Å². The van der Waals surface area contributed by atoms with Gasteiger partial charge in [-0.3, -0.25) is 13.8 Å². The van der Waals surface area contributed by atoms with Crippen molar-refractivity contribution >= 4 is 13.7 Å². The largest absolute Gasteiger partial charge is 0.472 e. The number of allylic oxidation sites excluding steroid dienone is 12. The lowest BCUT2D eigenvalue weighted by Gasteiger charge is -2.28. The van der Waals surface area contributed by atoms with Gasteiger partial charge in [-0.1, -0.05) is 177 Å². The molecule has 0 fully saturated rings. The van der Waals surface area contributed by atoms with Gasteiger partial charge in [-0.25, -0.2) is 4.57 Å². The maximum Gasteiger partial charge on any atom is 0.472 e. The van der Waals surface area contributed by atoms with Gasteiger partial charge < -0.3 is 24.9 Å². The van der Waals surface area contributed by atoms with Gasteiger partial charge in [0.2, 0.25) is 5.91 Å². The summed E-state index contributed by atoms with van der Waals surface area (Å²) < 4.78 is 23.5. The van der Waals surface area contributed by atoms with E-state index in [-0.39, 0.29) is 18.9 Å². The topological polar surface area (TPSA) is 125 Å². The number of carbonyl (C=O) groups excluding carboxylic acids is 1. The first-order chi connectivity index (χ1) is 30.4. The predicted octanol–water partition coefficient (Wildman–Crippen LogP) is 13.7. The van der Waals surface area contributed by atoms with Crippen LogP contribution in [0, 0.1) is 0 Å². The summed E-state index contributed by atoms with van der Waals surface area (Å²) in [7, 11) is 1.40. The normalized spacial score (nSPS) is 15.2. The van der Waals surface area contributed by atoms with Crippen molar-refractivity contribution in [3.8, 4) is 0 Å². The highest BCUT2D eigenvalue weighted by atomic mass is 31.2. The lowest BCUT2D eigenvalue weighted by molar-refractivity contribution is -0.870. The first kappa shape index (κ1) is 60.9. The van der Waals surface area contributed by atoms with Gasteiger partial charge in [-0.05, 0) is 89.9 Å². The molecular formula is C53H98N2O7P+. The molecule has 4 unspecified atom stereocenters. The summed E-state index contributed by atoms with van der Waals surface area (Å²) in [5.74, 6) is -0.276. The average Bonchev–Trinajstić information content (AvgIpc) is 3.24. The van der Waals surface area contributed by atoms with Gasteiger partial charge in [-0.15, -0.1) is 0 Å². The molecule has 0 aliphatic carbocycles. The predicted molar refractivity (Wildman–Crippen MR) is 269 cm³/mol. The lowest BCUT2D eigenvalue weighted by atomic mass is 10.0. The molecule has 0 bridgehead atoms. The Hall–Kier alpha value is -2.10. The van der Waals surface area contributed by atoms with E-state index in [1.807, 2.05) is 21.1 Å². The molecule has 0 aliphatic rings. The van der Waals surface area contributed by atoms with Crippen LogP contribution in [0.2, 0.25) is 0 Å². The highest BCUT2D eigenvalue weighted by Gasteiger charge is 2.31. The second-order valence-electron chi connectivity index (χ2n) is 18.3. The number of unbranched alkanes of at least 4 members (excludes halogenated alkanes) is 19. The first-order valence-corrected chi connectivity index (χ1v) is 26.9. The molecule has 10 heteroatoms. The van der Waals surface area contributed by atoms with E-state index < -0.39 is 32.7 Å². The number of quaternary nitrogens is 1. The summed E-state index contributed by atoms with van der Waals surface area (Å²) in [5.41, 5.74) is 0. The maximum absolute atomic E-state index is 13.0. The van der Waals surface area contributed by atoms with E-state index >= 15 is 0 Å². The molecule has 0 aromatic carbocycles. The third-order valence-electron chi connectivity index (χ3n) is 11.0. The summed E-state index contributed by atoms with van der Waals surface area (Å²) in [4.78, 5) is 23.2. The smallest absolute Gasteiger partial charge is 0.390 e. The second-order valence-corrected chi connectivity index (χ2v) is 19.7. The quantitative estimate of drug-likeness (QED) is 0.0208. The van der Waals surface area contributed by atoms with Gasteiger partial charge in [0.1, 0.15) is 19.3 Å². The molecule has 0 heterocycles. The van der Waals surface area contributed by atoms with Crippen molar-refractivity contribution in [1.82, 2.24) is 5.32 Å². The lowest BCUT2D eigenvalue weighted by Crippen LogP contribution is -2.51. The number of hydrogen-bond donors (Lipinski definition) is 4. The van der Waals surface area contributed by atoms with E-state index in [1.165, 1.54) is 89.9 Å². The third-order valence-corrected chi connectivity index (χ3v) is 12.0. The number of nitrogens with zero attached hydrogens (tertiary/aromatic N) is 1. The molecular weight excluding hydrogens is 808 g/mol. The number of carbonyl (C=O) groups is 1. The van der Waals surface area contributed by atoms with Gasteiger partial charge >= 0.3 is 7.82 Å². The van der Waals surface area contributed by atoms with E-state index in [0.717, 1.165) is 77.0 Å². The molecule has 4 atom stereocenters. The van der Waals surface area contributed by atoms with Crippen LogP contribution in [0.25, 0.3) is 0 Å². The van der Waals surface area contributed by atoms with Gasteiger partial charge in [0.05, 0.1) is 39.9 Å². The van der Waals surface area contributed by atoms with Crippen molar-refractivity contribution in [2.75, 3.05) is 40.9 Å². The van der Waals surface area contributed by atoms with Crippen LogP contribution in [0.1, 0.15) is 200 Å². The molecule has 1 amide bonds. The van der Waals surface area contributed by atoms with Crippen LogP contribution in [0.3, 0.4) is 0 Å². The number of aliphatic hydroxyl groups is 2. The molecule has 0 aromatic rings. The van der Waals surface area contributed by atoms with E-state index in [4.69, 9.17) is 9.05 Å². The fourth-order valence-electron chi connectivity index (χ4n) is 6.97. The van der Waals surface area contributed by atoms with E-state index in [2.05, 4.69) is 92.1 Å². The molecule has 9 nitrogen and oxygen atoms in total. The summed E-state index contributed by atoms with van der Waals surface area (Å²) in [6.45, 7) is 4.42. The Bertz CT molecular complexity index is 1270. The van der Waals surface area contributed by atoms with Crippen LogP contribution in [0.4, 0.5) is 0 Å². The zero-order chi connectivity index (χ0) is 46.5. The molecule has 0 spiro atoms. The van der Waals surface area contributed by atoms with E-state index in [9.17, 15) is 24.5 Å². The van der Waals surface area contributed by atoms with E-state index in [0.29, 0.717) is 23.9 Å². The molecule has 0 aliphatic heterocycles. The fraction of sp³-hybridized carbons (Fsp3) is 0.755. The van der Waals surface area contributed by atoms with Crippen LogP contribution in [-0.2, 0) is 18.4 Å². The Morgan fingerprint density at radius 3 is 1.51 bits per heavy atom. The number of amides is 1. The Morgan fingerprint density at radius 2 is 1.00 bits per heavy atom. The standard InChI is InChI=1S/C53H97N2O7P/c1-6-8-10-12-14-16-18-20-21-22-23-24-25-26-27-28-29-30-31-32-33-34-36-38-40-42-44-46-52(57)54-50(49-62-63(59,60)61-48-47-55(3,4)5)53(58)51(56)45-43-41-39-37-35-19-17-15-13-11-9-7-2/h8,10,14-17,20-21,23-24,37,39,50-51,53,56,58H,6-7,9,11-13,18-19,22,25-36,38,40-49H2,1-5H3,(H-,54,57,59,60)/p+1/b10-8-,16-14-,17-15+,21-20-,24-23-,39-37+. The van der Waals surface area contributed by atoms with Crippen molar-refractivity contribution in [2.24, 2.45) is 0 Å². The van der Waals surface area contributed by atoms with Crippen LogP contribution in [0.15, 0.2) is 72.9 Å². The number of phosphoric acid groups is 1. The second kappa shape index (κ2) is 43.8. The Kier molecular flexibility index (Phi) is 42.3. The van der Waals surface area contributed by atoms with Crippen LogP contribution in [-0.4, -0.2) is 84.6 Å². The molecule has 0 aromatic heterocycles. The zero-order valence-corrected chi connectivity index (χ0v) is 42.1. The highest BCUT2D eigenvalue weighted by Crippen LogP contribution is 2.43. The summed E-state index contributed by atoms with van der Waals surface area (Å²) in [6, 6.07) is -1.06. The van der Waals surface area contributed by atoms with Crippen molar-refractivity contribution in [1.29, 1.82) is 0 Å². The number of hydrogen-bond acceptors (Lipinski definition) is 6. The number of likely N-dealkylation sites (N-methyl/N-ethyl adjacent to an activating group) is 1. The number of phosphoric ester groups is 1. The van der Waals surface area contributed by atoms with Crippen molar-refractivity contribution in [2.45, 2.75) is 218 Å². The Morgan fingerprint density at radius 1 is 0.571 bits per heavy atom. The van der Waals surface area contributed by atoms with Crippen LogP contribution >= 0.6 is 7.82 Å². The van der Waals surface area contributed by atoms with Crippen LogP contribution in [0.5, 0.6) is 0 Å². The third kappa shape index (κ3) is 44.9. The fourth-order valence-corrected chi connectivity index (χ4v) is 7.71. The minimum absolute atomic E-state index is 0.0111. The summed E-state index contributed by atoms with van der Waals surface area (Å²) in [6.07, 6.45) is 55.5. The van der Waals surface area contributed by atoms with Crippen molar-refractivity contribution in [3.05, 3.63) is 72.9 Å². The molecule has 63 heavy (non-hydrogen) atoms. The van der Waals surface area contributed by atoms with Gasteiger partial charge in [0, 0.05) is 6.42 Å². The monoisotopic (exact) mass is 906 g/mol. The molecule has 0 saturated carbocycles. The van der Waals surface area contributed by atoms with Gasteiger partial charge in [0.15, 0.2) is 0 Å². The van der Waals surface area contributed by atoms with Crippen molar-refractivity contribution < 1.29 is 38.0 Å². The Labute approximate surface area is 387 Å².